The lowest BCUT2D eigenvalue weighted by molar-refractivity contribution is 0.611. The van der Waals surface area contributed by atoms with Crippen LogP contribution in [0.4, 0.5) is 4.39 Å². The average molecular weight is 223 g/mol. The van der Waals surface area contributed by atoms with Crippen molar-refractivity contribution >= 4 is 11.6 Å². The van der Waals surface area contributed by atoms with Crippen LogP contribution < -0.4 is 0 Å². The van der Waals surface area contributed by atoms with Gasteiger partial charge in [0.15, 0.2) is 0 Å². The third-order valence-corrected chi connectivity index (χ3v) is 2.34. The highest BCUT2D eigenvalue weighted by atomic mass is 35.5. The molecule has 0 amide bonds. The van der Waals surface area contributed by atoms with E-state index in [1.807, 2.05) is 12.1 Å². The molecule has 0 aliphatic carbocycles. The maximum atomic E-state index is 13.1. The molecule has 2 aromatic rings. The molecule has 0 saturated heterocycles. The lowest BCUT2D eigenvalue weighted by Crippen LogP contribution is -1.91. The molecule has 2 nitrogen and oxygen atoms in total. The molecule has 0 N–H and O–H groups in total. The predicted molar refractivity (Wildman–Crippen MR) is 57.0 cm³/mol. The fourth-order valence-corrected chi connectivity index (χ4v) is 1.47. The number of alkyl halides is 1. The Labute approximate surface area is 91.8 Å². The van der Waals surface area contributed by atoms with Crippen LogP contribution in [0.5, 0.6) is 0 Å². The zero-order chi connectivity index (χ0) is 10.7. The quantitative estimate of drug-likeness (QED) is 0.730. The van der Waals surface area contributed by atoms with Gasteiger partial charge in [0.2, 0.25) is 0 Å². The third kappa shape index (κ3) is 2.13. The summed E-state index contributed by atoms with van der Waals surface area (Å²) in [5.74, 6) is -0.227. The molecule has 15 heavy (non-hydrogen) atoms. The molecule has 4 heteroatoms. The zero-order valence-electron chi connectivity index (χ0n) is 7.82. The fraction of sp³-hybridized carbons (Fsp3) is 0.0909. The Balaban J connectivity index is 2.46. The first-order valence-electron chi connectivity index (χ1n) is 4.42. The highest BCUT2D eigenvalue weighted by Gasteiger charge is 2.05. The topological polar surface area (TPSA) is 25.8 Å². The van der Waals surface area contributed by atoms with E-state index < -0.39 is 0 Å². The molecule has 0 spiro atoms. The summed E-state index contributed by atoms with van der Waals surface area (Å²) in [6, 6.07) is 5.29. The second-order valence-corrected chi connectivity index (χ2v) is 3.30. The van der Waals surface area contributed by atoms with Crippen molar-refractivity contribution in [3.05, 3.63) is 48.2 Å². The van der Waals surface area contributed by atoms with Crippen molar-refractivity contribution in [2.45, 2.75) is 5.88 Å². The van der Waals surface area contributed by atoms with Crippen molar-refractivity contribution in [2.75, 3.05) is 0 Å². The van der Waals surface area contributed by atoms with E-state index in [2.05, 4.69) is 9.97 Å². The molecule has 2 aromatic heterocycles. The number of pyridine rings is 2. The molecule has 0 saturated carbocycles. The minimum atomic E-state index is -0.372. The van der Waals surface area contributed by atoms with Crippen molar-refractivity contribution < 1.29 is 4.39 Å². The van der Waals surface area contributed by atoms with Crippen molar-refractivity contribution in [3.63, 3.8) is 0 Å². The summed E-state index contributed by atoms with van der Waals surface area (Å²) in [6.45, 7) is 0. The van der Waals surface area contributed by atoms with Crippen LogP contribution in [0.15, 0.2) is 36.8 Å². The Kier molecular flexibility index (Phi) is 2.92. The zero-order valence-corrected chi connectivity index (χ0v) is 8.58. The van der Waals surface area contributed by atoms with Gasteiger partial charge in [-0.05, 0) is 18.2 Å². The van der Waals surface area contributed by atoms with Gasteiger partial charge in [-0.2, -0.15) is 0 Å². The van der Waals surface area contributed by atoms with Gasteiger partial charge in [0, 0.05) is 23.5 Å². The number of nitrogens with zero attached hydrogens (tertiary/aromatic N) is 2. The molecule has 0 aliphatic heterocycles. The molecule has 76 valence electrons. The molecule has 2 rings (SSSR count). The number of rotatable bonds is 2. The lowest BCUT2D eigenvalue weighted by Gasteiger charge is -2.03. The summed E-state index contributed by atoms with van der Waals surface area (Å²) < 4.78 is 13.1. The molecular weight excluding hydrogens is 215 g/mol. The van der Waals surface area contributed by atoms with Crippen molar-refractivity contribution in [1.29, 1.82) is 0 Å². The number of hydrogen-bond donors (Lipinski definition) is 0. The fourth-order valence-electron chi connectivity index (χ4n) is 1.26. The summed E-state index contributed by atoms with van der Waals surface area (Å²) in [5.41, 5.74) is 2.06. The molecule has 0 bridgehead atoms. The summed E-state index contributed by atoms with van der Waals surface area (Å²) in [5, 5.41) is 0. The van der Waals surface area contributed by atoms with E-state index >= 15 is 0 Å². The Morgan fingerprint density at radius 2 is 2.00 bits per heavy atom. The van der Waals surface area contributed by atoms with Crippen molar-refractivity contribution in [1.82, 2.24) is 9.97 Å². The average Bonchev–Trinajstić information content (AvgIpc) is 2.31. The Bertz CT molecular complexity index is 459. The molecule has 0 aromatic carbocycles. The molecule has 2 heterocycles. The van der Waals surface area contributed by atoms with E-state index in [-0.39, 0.29) is 11.7 Å². The molecule has 0 radical (unpaired) electrons. The molecule has 0 fully saturated rings. The van der Waals surface area contributed by atoms with Crippen molar-refractivity contribution in [2.24, 2.45) is 0 Å². The van der Waals surface area contributed by atoms with Gasteiger partial charge in [-0.15, -0.1) is 11.6 Å². The first-order chi connectivity index (χ1) is 7.31. The monoisotopic (exact) mass is 222 g/mol. The molecule has 0 unspecified atom stereocenters. The number of aromatic nitrogens is 2. The minimum Gasteiger partial charge on any atom is -0.265 e. The third-order valence-electron chi connectivity index (χ3n) is 2.05. The van der Waals surface area contributed by atoms with E-state index in [1.54, 1.807) is 18.5 Å². The second kappa shape index (κ2) is 4.36. The van der Waals surface area contributed by atoms with Gasteiger partial charge in [0.05, 0.1) is 17.8 Å². The van der Waals surface area contributed by atoms with E-state index in [0.717, 1.165) is 5.56 Å². The van der Waals surface area contributed by atoms with Gasteiger partial charge < -0.3 is 0 Å². The largest absolute Gasteiger partial charge is 0.265 e. The Morgan fingerprint density at radius 3 is 2.67 bits per heavy atom. The van der Waals surface area contributed by atoms with Crippen LogP contribution in [0.3, 0.4) is 0 Å². The SMILES string of the molecule is Fc1cnc(-c2ccncc2)cc1CCl. The van der Waals surface area contributed by atoms with Crippen LogP contribution in [0.2, 0.25) is 0 Å². The lowest BCUT2D eigenvalue weighted by atomic mass is 10.1. The predicted octanol–water partition coefficient (Wildman–Crippen LogP) is 3.02. The van der Waals surface area contributed by atoms with Gasteiger partial charge in [0.25, 0.3) is 0 Å². The van der Waals surface area contributed by atoms with Crippen LogP contribution in [0.25, 0.3) is 11.3 Å². The molecular formula is C11H8ClFN2. The van der Waals surface area contributed by atoms with Gasteiger partial charge in [-0.3, -0.25) is 9.97 Å². The van der Waals surface area contributed by atoms with E-state index in [4.69, 9.17) is 11.6 Å². The van der Waals surface area contributed by atoms with Gasteiger partial charge in [0.1, 0.15) is 5.82 Å². The van der Waals surface area contributed by atoms with Crippen LogP contribution in [0.1, 0.15) is 5.56 Å². The number of halogens is 2. The molecule has 0 atom stereocenters. The second-order valence-electron chi connectivity index (χ2n) is 3.03. The van der Waals surface area contributed by atoms with Crippen LogP contribution in [0, 0.1) is 5.82 Å². The van der Waals surface area contributed by atoms with Gasteiger partial charge >= 0.3 is 0 Å². The molecule has 0 aliphatic rings. The highest BCUT2D eigenvalue weighted by Crippen LogP contribution is 2.19. The summed E-state index contributed by atoms with van der Waals surface area (Å²) >= 11 is 5.61. The smallest absolute Gasteiger partial charge is 0.145 e. The Morgan fingerprint density at radius 1 is 1.27 bits per heavy atom. The van der Waals surface area contributed by atoms with Gasteiger partial charge in [-0.25, -0.2) is 4.39 Å². The highest BCUT2D eigenvalue weighted by molar-refractivity contribution is 6.17. The van der Waals surface area contributed by atoms with Crippen LogP contribution in [-0.4, -0.2) is 9.97 Å². The normalized spacial score (nSPS) is 10.3. The first-order valence-corrected chi connectivity index (χ1v) is 4.95. The van der Waals surface area contributed by atoms with E-state index in [9.17, 15) is 4.39 Å². The van der Waals surface area contributed by atoms with Crippen LogP contribution in [-0.2, 0) is 5.88 Å². The first kappa shape index (κ1) is 10.1. The number of hydrogen-bond acceptors (Lipinski definition) is 2. The van der Waals surface area contributed by atoms with E-state index in [1.165, 1.54) is 6.20 Å². The summed E-state index contributed by atoms with van der Waals surface area (Å²) in [6.07, 6.45) is 4.52. The maximum absolute atomic E-state index is 13.1. The van der Waals surface area contributed by atoms with Crippen LogP contribution >= 0.6 is 11.6 Å². The summed E-state index contributed by atoms with van der Waals surface area (Å²) in [4.78, 5) is 7.90. The minimum absolute atomic E-state index is 0.145. The maximum Gasteiger partial charge on any atom is 0.145 e. The van der Waals surface area contributed by atoms with Crippen molar-refractivity contribution in [3.8, 4) is 11.3 Å². The Hall–Kier alpha value is -1.48. The van der Waals surface area contributed by atoms with E-state index in [0.29, 0.717) is 11.3 Å². The standard InChI is InChI=1S/C11H8ClFN2/c12-6-9-5-11(15-7-10(9)13)8-1-3-14-4-2-8/h1-5,7H,6H2. The van der Waals surface area contributed by atoms with Gasteiger partial charge in [-0.1, -0.05) is 0 Å². The summed E-state index contributed by atoms with van der Waals surface area (Å²) in [7, 11) is 0.